The Morgan fingerprint density at radius 2 is 2.00 bits per heavy atom. The number of fused-ring (bicyclic) bond motifs is 1. The maximum absolute atomic E-state index is 13.6. The lowest BCUT2D eigenvalue weighted by atomic mass is 9.70. The van der Waals surface area contributed by atoms with Gasteiger partial charge in [-0.05, 0) is 56.4 Å². The van der Waals surface area contributed by atoms with Gasteiger partial charge in [0.15, 0.2) is 0 Å². The van der Waals surface area contributed by atoms with Crippen LogP contribution < -0.4 is 10.6 Å². The standard InChI is InChI=1S/C23H30ClN3O4S/c1-2-11-25-20(29)17-16-9-10-23(32-16)18(17)22(31)27(12-3-4-13-28)19(23)21(30)26-15-7-5-14(24)6-8-15/h5-8,16-19,28H,2-4,9-13H2,1H3,(H,25,29)(H,26,30)/t16-,17+,18+,19?,23?/m1/s1. The molecule has 3 aliphatic heterocycles. The van der Waals surface area contributed by atoms with E-state index in [0.29, 0.717) is 36.6 Å². The van der Waals surface area contributed by atoms with Gasteiger partial charge in [0.25, 0.3) is 0 Å². The maximum Gasteiger partial charge on any atom is 0.248 e. The minimum absolute atomic E-state index is 0.0388. The molecule has 1 spiro atoms. The van der Waals surface area contributed by atoms with E-state index in [9.17, 15) is 19.5 Å². The summed E-state index contributed by atoms with van der Waals surface area (Å²) in [6, 6.07) is 6.25. The van der Waals surface area contributed by atoms with Gasteiger partial charge in [-0.25, -0.2) is 0 Å². The summed E-state index contributed by atoms with van der Waals surface area (Å²) in [6.45, 7) is 3.02. The minimum Gasteiger partial charge on any atom is -0.396 e. The zero-order valence-electron chi connectivity index (χ0n) is 18.2. The van der Waals surface area contributed by atoms with E-state index < -0.39 is 22.6 Å². The Balaban J connectivity index is 1.63. The van der Waals surface area contributed by atoms with Crippen LogP contribution in [0.15, 0.2) is 24.3 Å². The van der Waals surface area contributed by atoms with Crippen LogP contribution >= 0.6 is 23.4 Å². The summed E-state index contributed by atoms with van der Waals surface area (Å²) in [4.78, 5) is 41.9. The van der Waals surface area contributed by atoms with Gasteiger partial charge in [0.2, 0.25) is 17.7 Å². The second kappa shape index (κ2) is 9.61. The number of aliphatic hydroxyl groups excluding tert-OH is 1. The van der Waals surface area contributed by atoms with Crippen LogP contribution in [0.1, 0.15) is 39.0 Å². The highest BCUT2D eigenvalue weighted by molar-refractivity contribution is 8.02. The number of hydrogen-bond acceptors (Lipinski definition) is 5. The number of unbranched alkanes of at least 4 members (excludes halogenated alkanes) is 1. The van der Waals surface area contributed by atoms with Gasteiger partial charge >= 0.3 is 0 Å². The highest BCUT2D eigenvalue weighted by atomic mass is 35.5. The van der Waals surface area contributed by atoms with Crippen molar-refractivity contribution >= 4 is 46.8 Å². The van der Waals surface area contributed by atoms with Crippen LogP contribution in [0, 0.1) is 11.8 Å². The highest BCUT2D eigenvalue weighted by Crippen LogP contribution is 2.66. The molecule has 7 nitrogen and oxygen atoms in total. The molecule has 3 N–H and O–H groups in total. The fraction of sp³-hybridized carbons (Fsp3) is 0.609. The molecule has 3 heterocycles. The molecule has 3 aliphatic rings. The zero-order chi connectivity index (χ0) is 22.9. The first kappa shape index (κ1) is 23.4. The van der Waals surface area contributed by atoms with E-state index in [1.165, 1.54) is 0 Å². The molecular formula is C23H30ClN3O4S. The number of thioether (sulfide) groups is 1. The van der Waals surface area contributed by atoms with Crippen molar-refractivity contribution in [2.24, 2.45) is 11.8 Å². The molecule has 0 aromatic heterocycles. The van der Waals surface area contributed by atoms with Crippen molar-refractivity contribution in [2.75, 3.05) is 25.0 Å². The average Bonchev–Trinajstić information content (AvgIpc) is 3.41. The van der Waals surface area contributed by atoms with Crippen molar-refractivity contribution in [3.05, 3.63) is 29.3 Å². The van der Waals surface area contributed by atoms with Gasteiger partial charge in [-0.2, -0.15) is 0 Å². The molecule has 0 radical (unpaired) electrons. The zero-order valence-corrected chi connectivity index (χ0v) is 19.8. The lowest BCUT2D eigenvalue weighted by Gasteiger charge is -2.34. The maximum atomic E-state index is 13.6. The molecule has 1 aromatic carbocycles. The summed E-state index contributed by atoms with van der Waals surface area (Å²) in [6.07, 6.45) is 3.57. The van der Waals surface area contributed by atoms with Crippen molar-refractivity contribution < 1.29 is 19.5 Å². The molecule has 5 atom stereocenters. The van der Waals surface area contributed by atoms with Crippen molar-refractivity contribution in [2.45, 2.75) is 55.1 Å². The Kier molecular flexibility index (Phi) is 7.03. The first-order valence-electron chi connectivity index (χ1n) is 11.4. The molecular weight excluding hydrogens is 450 g/mol. The van der Waals surface area contributed by atoms with Crippen LogP contribution in [-0.4, -0.2) is 63.5 Å². The van der Waals surface area contributed by atoms with Crippen molar-refractivity contribution in [3.8, 4) is 0 Å². The Hall–Kier alpha value is -1.77. The van der Waals surface area contributed by atoms with Gasteiger partial charge in [0.05, 0.1) is 16.6 Å². The predicted octanol–water partition coefficient (Wildman–Crippen LogP) is 2.67. The van der Waals surface area contributed by atoms with Crippen LogP contribution in [0.4, 0.5) is 5.69 Å². The smallest absolute Gasteiger partial charge is 0.248 e. The first-order valence-corrected chi connectivity index (χ1v) is 12.6. The third kappa shape index (κ3) is 4.01. The van der Waals surface area contributed by atoms with Gasteiger partial charge in [-0.1, -0.05) is 18.5 Å². The number of halogens is 1. The molecule has 3 saturated heterocycles. The normalized spacial score (nSPS) is 30.5. The number of benzene rings is 1. The number of aliphatic hydroxyl groups is 1. The lowest BCUT2D eigenvalue weighted by molar-refractivity contribution is -0.139. The van der Waals surface area contributed by atoms with E-state index >= 15 is 0 Å². The number of anilines is 1. The SMILES string of the molecule is CCCNC(=O)[C@@H]1[C@H]2C(=O)N(CCCCO)C(C(=O)Nc3ccc(Cl)cc3)C23CC[C@H]1S3. The summed E-state index contributed by atoms with van der Waals surface area (Å²) in [5.74, 6) is -1.29. The van der Waals surface area contributed by atoms with Crippen molar-refractivity contribution in [3.63, 3.8) is 0 Å². The largest absolute Gasteiger partial charge is 0.396 e. The number of carbonyl (C=O) groups excluding carboxylic acids is 3. The molecule has 3 fully saturated rings. The monoisotopic (exact) mass is 479 g/mol. The number of nitrogens with zero attached hydrogens (tertiary/aromatic N) is 1. The third-order valence-electron chi connectivity index (χ3n) is 6.82. The van der Waals surface area contributed by atoms with E-state index in [-0.39, 0.29) is 29.6 Å². The van der Waals surface area contributed by atoms with Gasteiger partial charge in [-0.15, -0.1) is 11.8 Å². The Morgan fingerprint density at radius 1 is 1.25 bits per heavy atom. The fourth-order valence-corrected chi connectivity index (χ4v) is 7.84. The highest BCUT2D eigenvalue weighted by Gasteiger charge is 2.73. The molecule has 174 valence electrons. The Bertz CT molecular complexity index is 882. The number of hydrogen-bond donors (Lipinski definition) is 3. The molecule has 32 heavy (non-hydrogen) atoms. The van der Waals surface area contributed by atoms with Crippen LogP contribution in [0.5, 0.6) is 0 Å². The van der Waals surface area contributed by atoms with Crippen molar-refractivity contribution in [1.82, 2.24) is 10.2 Å². The summed E-state index contributed by atoms with van der Waals surface area (Å²) >= 11 is 7.63. The molecule has 3 amide bonds. The van der Waals surface area contributed by atoms with E-state index in [1.807, 2.05) is 6.92 Å². The number of rotatable bonds is 9. The Labute approximate surface area is 197 Å². The van der Waals surface area contributed by atoms with Crippen LogP contribution in [0.2, 0.25) is 5.02 Å². The van der Waals surface area contributed by atoms with Gasteiger partial charge in [0, 0.05) is 35.7 Å². The topological polar surface area (TPSA) is 98.7 Å². The third-order valence-corrected chi connectivity index (χ3v) is 9.02. The molecule has 2 unspecified atom stereocenters. The lowest BCUT2D eigenvalue weighted by Crippen LogP contribution is -2.51. The van der Waals surface area contributed by atoms with Crippen LogP contribution in [-0.2, 0) is 14.4 Å². The molecule has 0 aliphatic carbocycles. The predicted molar refractivity (Wildman–Crippen MR) is 126 cm³/mol. The van der Waals surface area contributed by atoms with Gasteiger partial charge < -0.3 is 20.6 Å². The van der Waals surface area contributed by atoms with Crippen LogP contribution in [0.25, 0.3) is 0 Å². The van der Waals surface area contributed by atoms with Gasteiger partial charge in [-0.3, -0.25) is 14.4 Å². The second-order valence-electron chi connectivity index (χ2n) is 8.81. The van der Waals surface area contributed by atoms with Crippen molar-refractivity contribution in [1.29, 1.82) is 0 Å². The van der Waals surface area contributed by atoms with E-state index in [4.69, 9.17) is 11.6 Å². The average molecular weight is 480 g/mol. The molecule has 0 saturated carbocycles. The summed E-state index contributed by atoms with van der Waals surface area (Å²) in [5, 5.41) is 15.8. The van der Waals surface area contributed by atoms with E-state index in [1.54, 1.807) is 40.9 Å². The van der Waals surface area contributed by atoms with E-state index in [0.717, 1.165) is 19.3 Å². The quantitative estimate of drug-likeness (QED) is 0.473. The molecule has 9 heteroatoms. The molecule has 4 rings (SSSR count). The fourth-order valence-electron chi connectivity index (χ4n) is 5.50. The minimum atomic E-state index is -0.645. The second-order valence-corrected chi connectivity index (χ2v) is 10.8. The first-order chi connectivity index (χ1) is 15.4. The number of likely N-dealkylation sites (tertiary alicyclic amines) is 1. The number of carbonyl (C=O) groups is 3. The number of nitrogens with one attached hydrogen (secondary N) is 2. The van der Waals surface area contributed by atoms with E-state index in [2.05, 4.69) is 10.6 Å². The van der Waals surface area contributed by atoms with Crippen LogP contribution in [0.3, 0.4) is 0 Å². The number of amides is 3. The summed E-state index contributed by atoms with van der Waals surface area (Å²) in [7, 11) is 0. The summed E-state index contributed by atoms with van der Waals surface area (Å²) in [5.41, 5.74) is 0.622. The molecule has 1 aromatic rings. The Morgan fingerprint density at radius 3 is 2.69 bits per heavy atom. The summed E-state index contributed by atoms with van der Waals surface area (Å²) < 4.78 is -0.592. The molecule has 2 bridgehead atoms. The van der Waals surface area contributed by atoms with Gasteiger partial charge in [0.1, 0.15) is 6.04 Å².